The van der Waals surface area contributed by atoms with Crippen LogP contribution in [0.2, 0.25) is 0 Å². The second kappa shape index (κ2) is 4.50. The largest absolute Gasteiger partial charge is 0.254 e. The Balaban J connectivity index is 1.62. The van der Waals surface area contributed by atoms with Gasteiger partial charge in [0, 0.05) is 12.4 Å². The lowest BCUT2D eigenvalue weighted by Crippen LogP contribution is -2.47. The molecule has 0 amide bonds. The van der Waals surface area contributed by atoms with E-state index in [2.05, 4.69) is 31.0 Å². The lowest BCUT2D eigenvalue weighted by atomic mass is 9.49. The smallest absolute Gasteiger partial charge is 0.155 e. The lowest BCUT2D eigenvalue weighted by Gasteiger charge is -2.56. The Morgan fingerprint density at radius 1 is 1.09 bits per heavy atom. The average molecular weight is 303 g/mol. The van der Waals surface area contributed by atoms with Crippen molar-refractivity contribution in [1.82, 2.24) is 15.0 Å². The van der Waals surface area contributed by atoms with Crippen LogP contribution >= 0.6 is 0 Å². The quantitative estimate of drug-likeness (QED) is 0.796. The first kappa shape index (κ1) is 13.4. The summed E-state index contributed by atoms with van der Waals surface area (Å²) in [4.78, 5) is 14.3. The molecule has 2 heterocycles. The molecule has 2 bridgehead atoms. The minimum atomic E-state index is 0.402. The number of allylic oxidation sites excluding steroid dienone is 2. The van der Waals surface area contributed by atoms with Gasteiger partial charge in [0.2, 0.25) is 0 Å². The van der Waals surface area contributed by atoms with Gasteiger partial charge in [-0.15, -0.1) is 0 Å². The van der Waals surface area contributed by atoms with Crippen molar-refractivity contribution in [2.45, 2.75) is 39.5 Å². The van der Waals surface area contributed by atoms with Crippen molar-refractivity contribution in [1.29, 1.82) is 0 Å². The summed E-state index contributed by atoms with van der Waals surface area (Å²) in [6.45, 7) is 4.79. The third-order valence-electron chi connectivity index (χ3n) is 6.37. The summed E-state index contributed by atoms with van der Waals surface area (Å²) in [7, 11) is 0. The summed E-state index contributed by atoms with van der Waals surface area (Å²) in [5, 5.41) is 0. The molecule has 6 rings (SSSR count). The van der Waals surface area contributed by atoms with Crippen molar-refractivity contribution in [3.8, 4) is 11.4 Å². The summed E-state index contributed by atoms with van der Waals surface area (Å²) < 4.78 is 0. The van der Waals surface area contributed by atoms with Gasteiger partial charge in [-0.2, -0.15) is 0 Å². The maximum atomic E-state index is 4.98. The molecule has 0 unspecified atom stereocenters. The number of aromatic nitrogens is 3. The molecular formula is C20H21N3. The fourth-order valence-corrected chi connectivity index (χ4v) is 4.66. The van der Waals surface area contributed by atoms with Crippen LogP contribution in [-0.2, 0) is 12.8 Å². The van der Waals surface area contributed by atoms with Gasteiger partial charge in [-0.25, -0.2) is 9.97 Å². The van der Waals surface area contributed by atoms with E-state index in [4.69, 9.17) is 9.97 Å². The zero-order valence-corrected chi connectivity index (χ0v) is 13.7. The predicted octanol–water partition coefficient (Wildman–Crippen LogP) is 4.09. The average Bonchev–Trinajstić information content (AvgIpc) is 2.61. The summed E-state index contributed by atoms with van der Waals surface area (Å²) in [5.74, 6) is 2.39. The second-order valence-corrected chi connectivity index (χ2v) is 7.78. The van der Waals surface area contributed by atoms with Gasteiger partial charge in [0.1, 0.15) is 0 Å². The molecule has 2 atom stereocenters. The van der Waals surface area contributed by atoms with Crippen LogP contribution in [-0.4, -0.2) is 15.0 Å². The van der Waals surface area contributed by atoms with Crippen LogP contribution < -0.4 is 0 Å². The first-order valence-electron chi connectivity index (χ1n) is 8.65. The van der Waals surface area contributed by atoms with E-state index in [-0.39, 0.29) is 0 Å². The minimum absolute atomic E-state index is 0.402. The van der Waals surface area contributed by atoms with E-state index in [1.165, 1.54) is 29.5 Å². The Hall–Kier alpha value is -2.03. The number of pyridine rings is 1. The number of hydrogen-bond acceptors (Lipinski definition) is 3. The van der Waals surface area contributed by atoms with Crippen LogP contribution in [0.1, 0.15) is 43.6 Å². The van der Waals surface area contributed by atoms with E-state index >= 15 is 0 Å². The molecule has 0 saturated heterocycles. The van der Waals surface area contributed by atoms with E-state index in [0.717, 1.165) is 36.0 Å². The summed E-state index contributed by atoms with van der Waals surface area (Å²) in [5.41, 5.74) is 6.42. The Bertz CT molecular complexity index is 835. The Kier molecular flexibility index (Phi) is 2.62. The predicted molar refractivity (Wildman–Crippen MR) is 90.6 cm³/mol. The van der Waals surface area contributed by atoms with Crippen molar-refractivity contribution in [2.24, 2.45) is 17.3 Å². The van der Waals surface area contributed by atoms with Gasteiger partial charge in [0.25, 0.3) is 0 Å². The molecule has 1 saturated carbocycles. The summed E-state index contributed by atoms with van der Waals surface area (Å²) in [6.07, 6.45) is 10.8. The maximum absolute atomic E-state index is 4.98. The van der Waals surface area contributed by atoms with Gasteiger partial charge in [0.05, 0.1) is 11.4 Å². The van der Waals surface area contributed by atoms with Crippen molar-refractivity contribution in [3.05, 3.63) is 47.6 Å². The third-order valence-corrected chi connectivity index (χ3v) is 6.37. The molecule has 0 aliphatic heterocycles. The monoisotopic (exact) mass is 303 g/mol. The van der Waals surface area contributed by atoms with Crippen LogP contribution in [0.4, 0.5) is 0 Å². The standard InChI is InChI=1S/C20H21N3/c1-20(2)14-7-8-15(16(20)10-14)19-22-11-13-6-5-12-4-3-9-21-17(12)18(13)23-19/h3-4,8-9,11,14,16H,5-7,10H2,1-2H3/t14-,16-/m0/s1. The van der Waals surface area contributed by atoms with E-state index in [0.29, 0.717) is 11.3 Å². The molecule has 4 aliphatic rings. The number of aryl methyl sites for hydroxylation is 2. The van der Waals surface area contributed by atoms with Crippen LogP contribution in [0.3, 0.4) is 0 Å². The van der Waals surface area contributed by atoms with Gasteiger partial charge in [-0.05, 0) is 65.7 Å². The van der Waals surface area contributed by atoms with Gasteiger partial charge < -0.3 is 0 Å². The highest BCUT2D eigenvalue weighted by Crippen LogP contribution is 2.61. The molecule has 23 heavy (non-hydrogen) atoms. The van der Waals surface area contributed by atoms with E-state index in [1.807, 2.05) is 18.5 Å². The Morgan fingerprint density at radius 2 is 1.96 bits per heavy atom. The molecule has 4 aliphatic carbocycles. The molecule has 0 aromatic carbocycles. The first-order chi connectivity index (χ1) is 11.1. The van der Waals surface area contributed by atoms with Crippen molar-refractivity contribution in [2.75, 3.05) is 0 Å². The Morgan fingerprint density at radius 3 is 2.78 bits per heavy atom. The van der Waals surface area contributed by atoms with Crippen molar-refractivity contribution < 1.29 is 0 Å². The van der Waals surface area contributed by atoms with Crippen molar-refractivity contribution >= 4 is 5.57 Å². The lowest BCUT2D eigenvalue weighted by molar-refractivity contribution is 0.0109. The highest BCUT2D eigenvalue weighted by atomic mass is 14.9. The number of fused-ring (bicyclic) bond motifs is 4. The molecular weight excluding hydrogens is 282 g/mol. The number of rotatable bonds is 1. The van der Waals surface area contributed by atoms with E-state index in [9.17, 15) is 0 Å². The van der Waals surface area contributed by atoms with Crippen LogP contribution in [0.5, 0.6) is 0 Å². The van der Waals surface area contributed by atoms with Crippen LogP contribution in [0.15, 0.2) is 30.6 Å². The zero-order chi connectivity index (χ0) is 15.6. The summed E-state index contributed by atoms with van der Waals surface area (Å²) in [6, 6.07) is 4.19. The van der Waals surface area contributed by atoms with Crippen LogP contribution in [0.25, 0.3) is 17.0 Å². The SMILES string of the molecule is CC1(C)[C@H]2CC=C(c3ncc4c(n3)-c3ncccc3CC4)[C@@H]1C2. The molecule has 0 radical (unpaired) electrons. The molecule has 1 fully saturated rings. The highest BCUT2D eigenvalue weighted by Gasteiger charge is 2.52. The topological polar surface area (TPSA) is 38.7 Å². The number of hydrogen-bond donors (Lipinski definition) is 0. The van der Waals surface area contributed by atoms with Crippen molar-refractivity contribution in [3.63, 3.8) is 0 Å². The van der Waals surface area contributed by atoms with Gasteiger partial charge in [-0.1, -0.05) is 26.0 Å². The van der Waals surface area contributed by atoms with Gasteiger partial charge >= 0.3 is 0 Å². The fourth-order valence-electron chi connectivity index (χ4n) is 4.66. The molecule has 2 aromatic heterocycles. The van der Waals surface area contributed by atoms with Gasteiger partial charge in [0.15, 0.2) is 5.82 Å². The fraction of sp³-hybridized carbons (Fsp3) is 0.450. The molecule has 3 heteroatoms. The van der Waals surface area contributed by atoms with E-state index < -0.39 is 0 Å². The highest BCUT2D eigenvalue weighted by molar-refractivity contribution is 5.70. The second-order valence-electron chi connectivity index (χ2n) is 7.78. The summed E-state index contributed by atoms with van der Waals surface area (Å²) >= 11 is 0. The first-order valence-corrected chi connectivity index (χ1v) is 8.65. The minimum Gasteiger partial charge on any atom is -0.254 e. The molecule has 0 N–H and O–H groups in total. The van der Waals surface area contributed by atoms with Gasteiger partial charge in [-0.3, -0.25) is 4.98 Å². The molecule has 116 valence electrons. The molecule has 0 spiro atoms. The third kappa shape index (κ3) is 1.79. The molecule has 2 aromatic rings. The normalized spacial score (nSPS) is 26.6. The van der Waals surface area contributed by atoms with E-state index in [1.54, 1.807) is 0 Å². The maximum Gasteiger partial charge on any atom is 0.155 e. The Labute approximate surface area is 136 Å². The number of nitrogens with zero attached hydrogens (tertiary/aromatic N) is 3. The molecule has 3 nitrogen and oxygen atoms in total. The zero-order valence-electron chi connectivity index (χ0n) is 13.7. The van der Waals surface area contributed by atoms with Crippen LogP contribution in [0, 0.1) is 17.3 Å².